The molecule has 0 unspecified atom stereocenters. The van der Waals surface area contributed by atoms with Crippen molar-refractivity contribution in [3.8, 4) is 0 Å². The van der Waals surface area contributed by atoms with E-state index in [2.05, 4.69) is 0 Å². The van der Waals surface area contributed by atoms with E-state index < -0.39 is 17.4 Å². The first-order chi connectivity index (χ1) is 9.47. The molecule has 0 atom stereocenters. The van der Waals surface area contributed by atoms with E-state index in [0.717, 1.165) is 6.42 Å². The standard InChI is InChI=1S/C13H20N2O5/c1-4-6-14(9-13(18)19-5-2)8-12(17)15-11(16)7-10(3)20-15/h7H,4-6,8-9H2,1-3H3. The Morgan fingerprint density at radius 2 is 2.05 bits per heavy atom. The first-order valence-corrected chi connectivity index (χ1v) is 6.59. The topological polar surface area (TPSA) is 81.8 Å². The lowest BCUT2D eigenvalue weighted by atomic mass is 10.4. The summed E-state index contributed by atoms with van der Waals surface area (Å²) in [6.07, 6.45) is 0.777. The van der Waals surface area contributed by atoms with E-state index in [-0.39, 0.29) is 13.1 Å². The molecule has 0 aliphatic rings. The number of rotatable bonds is 7. The number of aryl methyl sites for hydroxylation is 1. The fourth-order valence-electron chi connectivity index (χ4n) is 1.80. The lowest BCUT2D eigenvalue weighted by Gasteiger charge is -2.19. The molecule has 0 aliphatic carbocycles. The number of hydrogen-bond donors (Lipinski definition) is 0. The van der Waals surface area contributed by atoms with Gasteiger partial charge in [0.15, 0.2) is 0 Å². The summed E-state index contributed by atoms with van der Waals surface area (Å²) in [5.41, 5.74) is -0.500. The van der Waals surface area contributed by atoms with Crippen LogP contribution in [0.1, 0.15) is 30.8 Å². The molecule has 1 heterocycles. The van der Waals surface area contributed by atoms with Crippen molar-refractivity contribution in [2.75, 3.05) is 26.2 Å². The van der Waals surface area contributed by atoms with Crippen molar-refractivity contribution in [3.05, 3.63) is 22.2 Å². The Labute approximate surface area is 117 Å². The van der Waals surface area contributed by atoms with E-state index >= 15 is 0 Å². The molecule has 0 spiro atoms. The molecule has 0 amide bonds. The highest BCUT2D eigenvalue weighted by atomic mass is 16.5. The second-order valence-electron chi connectivity index (χ2n) is 4.39. The molecule has 0 saturated heterocycles. The first kappa shape index (κ1) is 16.2. The van der Waals surface area contributed by atoms with Gasteiger partial charge in [-0.05, 0) is 26.8 Å². The van der Waals surface area contributed by atoms with E-state index in [1.807, 2.05) is 6.92 Å². The Bertz CT molecular complexity index is 517. The van der Waals surface area contributed by atoms with Gasteiger partial charge in [0.1, 0.15) is 5.76 Å². The maximum absolute atomic E-state index is 12.0. The van der Waals surface area contributed by atoms with Gasteiger partial charge in [-0.15, -0.1) is 4.74 Å². The monoisotopic (exact) mass is 284 g/mol. The van der Waals surface area contributed by atoms with Gasteiger partial charge in [0.2, 0.25) is 0 Å². The van der Waals surface area contributed by atoms with Crippen LogP contribution in [0, 0.1) is 6.92 Å². The largest absolute Gasteiger partial charge is 0.465 e. The molecule has 0 aromatic carbocycles. The molecule has 0 aliphatic heterocycles. The summed E-state index contributed by atoms with van der Waals surface area (Å²) in [5.74, 6) is -0.520. The zero-order valence-electron chi connectivity index (χ0n) is 12.0. The number of ether oxygens (including phenoxy) is 1. The molecule has 1 aromatic heterocycles. The Hall–Kier alpha value is -1.89. The third kappa shape index (κ3) is 4.65. The Balaban J connectivity index is 2.70. The van der Waals surface area contributed by atoms with E-state index in [0.29, 0.717) is 23.7 Å². The molecule has 1 aromatic rings. The van der Waals surface area contributed by atoms with E-state index in [1.165, 1.54) is 6.07 Å². The molecule has 20 heavy (non-hydrogen) atoms. The minimum Gasteiger partial charge on any atom is -0.465 e. The zero-order valence-corrected chi connectivity index (χ0v) is 12.0. The van der Waals surface area contributed by atoms with E-state index in [9.17, 15) is 14.4 Å². The summed E-state index contributed by atoms with van der Waals surface area (Å²) in [6, 6.07) is 1.24. The summed E-state index contributed by atoms with van der Waals surface area (Å²) >= 11 is 0. The van der Waals surface area contributed by atoms with Crippen LogP contribution in [0.4, 0.5) is 0 Å². The molecule has 0 bridgehead atoms. The first-order valence-electron chi connectivity index (χ1n) is 6.59. The van der Waals surface area contributed by atoms with E-state index in [4.69, 9.17) is 9.26 Å². The summed E-state index contributed by atoms with van der Waals surface area (Å²) in [5, 5.41) is 0. The molecule has 0 saturated carbocycles. The molecular weight excluding hydrogens is 264 g/mol. The maximum atomic E-state index is 12.0. The van der Waals surface area contributed by atoms with Crippen LogP contribution >= 0.6 is 0 Å². The number of aromatic nitrogens is 1. The maximum Gasteiger partial charge on any atom is 0.320 e. The van der Waals surface area contributed by atoms with Crippen LogP contribution in [-0.4, -0.2) is 47.8 Å². The van der Waals surface area contributed by atoms with E-state index in [1.54, 1.807) is 18.7 Å². The van der Waals surface area contributed by atoms with Crippen LogP contribution < -0.4 is 5.56 Å². The van der Waals surface area contributed by atoms with Gasteiger partial charge in [-0.25, -0.2) is 0 Å². The number of hydrogen-bond acceptors (Lipinski definition) is 6. The van der Waals surface area contributed by atoms with Gasteiger partial charge in [0, 0.05) is 6.07 Å². The number of nitrogens with zero attached hydrogens (tertiary/aromatic N) is 2. The fraction of sp³-hybridized carbons (Fsp3) is 0.615. The number of carbonyl (C=O) groups excluding carboxylic acids is 2. The zero-order chi connectivity index (χ0) is 15.1. The fourth-order valence-corrected chi connectivity index (χ4v) is 1.80. The second kappa shape index (κ2) is 7.64. The Morgan fingerprint density at radius 3 is 2.55 bits per heavy atom. The van der Waals surface area contributed by atoms with Crippen molar-refractivity contribution >= 4 is 11.9 Å². The lowest BCUT2D eigenvalue weighted by Crippen LogP contribution is -2.39. The average Bonchev–Trinajstić information content (AvgIpc) is 2.69. The number of esters is 1. The van der Waals surface area contributed by atoms with Crippen molar-refractivity contribution in [1.82, 2.24) is 9.64 Å². The second-order valence-corrected chi connectivity index (χ2v) is 4.39. The molecule has 0 radical (unpaired) electrons. The lowest BCUT2D eigenvalue weighted by molar-refractivity contribution is -0.144. The summed E-state index contributed by atoms with van der Waals surface area (Å²) in [4.78, 5) is 36.5. The van der Waals surface area contributed by atoms with Crippen molar-refractivity contribution < 1.29 is 18.8 Å². The van der Waals surface area contributed by atoms with Crippen LogP contribution in [0.5, 0.6) is 0 Å². The highest BCUT2D eigenvalue weighted by Crippen LogP contribution is 1.97. The van der Waals surface area contributed by atoms with Gasteiger partial charge in [-0.2, -0.15) is 0 Å². The SMILES string of the molecule is CCCN(CC(=O)OCC)CC(=O)n1oc(C)cc1=O. The molecule has 0 N–H and O–H groups in total. The van der Waals surface area contributed by atoms with Gasteiger partial charge in [0.25, 0.3) is 11.5 Å². The number of carbonyl (C=O) groups is 2. The van der Waals surface area contributed by atoms with Crippen LogP contribution in [0.15, 0.2) is 15.4 Å². The molecule has 112 valence electrons. The predicted molar refractivity (Wildman–Crippen MR) is 71.7 cm³/mol. The third-order valence-electron chi connectivity index (χ3n) is 2.55. The highest BCUT2D eigenvalue weighted by molar-refractivity contribution is 5.80. The minimum absolute atomic E-state index is 0.0157. The van der Waals surface area contributed by atoms with Gasteiger partial charge < -0.3 is 9.26 Å². The van der Waals surface area contributed by atoms with Crippen LogP contribution in [0.3, 0.4) is 0 Å². The van der Waals surface area contributed by atoms with Gasteiger partial charge in [-0.3, -0.25) is 19.3 Å². The molecule has 7 nitrogen and oxygen atoms in total. The predicted octanol–water partition coefficient (Wildman–Crippen LogP) is 0.665. The van der Waals surface area contributed by atoms with Crippen molar-refractivity contribution in [1.29, 1.82) is 0 Å². The van der Waals surface area contributed by atoms with Crippen LogP contribution in [0.2, 0.25) is 0 Å². The summed E-state index contributed by atoms with van der Waals surface area (Å²) < 4.78 is 10.6. The van der Waals surface area contributed by atoms with Gasteiger partial charge >= 0.3 is 5.97 Å². The summed E-state index contributed by atoms with van der Waals surface area (Å²) in [7, 11) is 0. The normalized spacial score (nSPS) is 10.8. The average molecular weight is 284 g/mol. The van der Waals surface area contributed by atoms with Crippen molar-refractivity contribution in [3.63, 3.8) is 0 Å². The molecule has 7 heteroatoms. The van der Waals surface area contributed by atoms with Gasteiger partial charge in [0.05, 0.1) is 19.7 Å². The summed E-state index contributed by atoms with van der Waals surface area (Å²) in [6.45, 7) is 6.04. The van der Waals surface area contributed by atoms with Gasteiger partial charge in [-0.1, -0.05) is 6.92 Å². The van der Waals surface area contributed by atoms with Crippen molar-refractivity contribution in [2.45, 2.75) is 27.2 Å². The Kier molecular flexibility index (Phi) is 6.17. The molecule has 0 fully saturated rings. The quantitative estimate of drug-likeness (QED) is 0.684. The van der Waals surface area contributed by atoms with Crippen molar-refractivity contribution in [2.24, 2.45) is 0 Å². The Morgan fingerprint density at radius 1 is 1.35 bits per heavy atom. The van der Waals surface area contributed by atoms with Crippen LogP contribution in [-0.2, 0) is 9.53 Å². The third-order valence-corrected chi connectivity index (χ3v) is 2.55. The highest BCUT2D eigenvalue weighted by Gasteiger charge is 2.18. The minimum atomic E-state index is -0.500. The smallest absolute Gasteiger partial charge is 0.320 e. The van der Waals surface area contributed by atoms with Crippen LogP contribution in [0.25, 0.3) is 0 Å². The molecule has 1 rings (SSSR count). The molecular formula is C13H20N2O5.